The average molecular weight is 843 g/mol. The van der Waals surface area contributed by atoms with Crippen LogP contribution in [0.4, 0.5) is 0 Å². The minimum Gasteiger partial charge on any atom is -0.481 e. The van der Waals surface area contributed by atoms with Crippen LogP contribution in [0.5, 0.6) is 0 Å². The second-order valence-corrected chi connectivity index (χ2v) is 15.8. The van der Waals surface area contributed by atoms with Gasteiger partial charge in [-0.15, -0.1) is 0 Å². The maximum atomic E-state index is 14.0. The first-order valence-corrected chi connectivity index (χ1v) is 20.7. The number of aliphatic hydroxyl groups is 1. The second kappa shape index (κ2) is 24.2. The van der Waals surface area contributed by atoms with Crippen LogP contribution in [0, 0.1) is 11.8 Å². The number of carboxylic acids is 2. The lowest BCUT2D eigenvalue weighted by molar-refractivity contribution is -0.140. The van der Waals surface area contributed by atoms with Gasteiger partial charge in [-0.1, -0.05) is 18.2 Å². The number of nitrogens with one attached hydrogen (secondary N) is 8. The first-order chi connectivity index (χ1) is 28.8. The molecule has 2 aromatic rings. The summed E-state index contributed by atoms with van der Waals surface area (Å²) in [5.74, 6) is -5.80. The van der Waals surface area contributed by atoms with Gasteiger partial charge in [0.1, 0.15) is 0 Å². The Balaban J connectivity index is 1.40. The fourth-order valence-corrected chi connectivity index (χ4v) is 7.82. The number of carboxylic acid groups (broad SMARTS) is 2. The number of aromatic nitrogens is 1. The molecule has 60 heavy (non-hydrogen) atoms. The number of carbonyl (C=O) groups excluding carboxylic acids is 5. The number of piperidine rings is 2. The molecule has 2 aliphatic heterocycles. The van der Waals surface area contributed by atoms with Crippen molar-refractivity contribution in [3.05, 3.63) is 36.0 Å². The predicted octanol–water partition coefficient (Wildman–Crippen LogP) is -2.08. The Labute approximate surface area is 348 Å². The first-order valence-electron chi connectivity index (χ1n) is 20.7. The Morgan fingerprint density at radius 2 is 1.35 bits per heavy atom. The molecule has 3 heterocycles. The van der Waals surface area contributed by atoms with Gasteiger partial charge >= 0.3 is 11.9 Å². The number of amides is 5. The Kier molecular flexibility index (Phi) is 19.2. The number of para-hydroxylation sites is 1. The van der Waals surface area contributed by atoms with Gasteiger partial charge < -0.3 is 69.0 Å². The molecule has 0 aliphatic carbocycles. The molecule has 4 rings (SSSR count). The summed E-state index contributed by atoms with van der Waals surface area (Å²) in [6, 6.07) is 3.41. The number of aliphatic hydroxyl groups excluding tert-OH is 1. The van der Waals surface area contributed by atoms with E-state index < -0.39 is 90.6 Å². The highest BCUT2D eigenvalue weighted by atomic mass is 16.4. The predicted molar refractivity (Wildman–Crippen MR) is 220 cm³/mol. The topological polar surface area (TPSA) is 332 Å². The van der Waals surface area contributed by atoms with Crippen LogP contribution in [-0.2, 0) is 40.0 Å². The van der Waals surface area contributed by atoms with Crippen LogP contribution in [0.15, 0.2) is 30.5 Å². The SMILES string of the molecule is NCCC[C@@H](CC(=O)N[C@@H]1CCNC[C@H]1C(=O)N[C@H](CC(=O)N[C@@H](CCC(=O)O)CC(=O)O)Cc1c[nH]c2ccccc12)NC(=O)C[C@H](CO)NC(=O)[C@@H]1CNCC[C@H]1N. The molecule has 1 aromatic carbocycles. The molecular weight excluding hydrogens is 780 g/mol. The molecule has 20 nitrogen and oxygen atoms in total. The normalized spacial score (nSPS) is 21.1. The number of hydrogen-bond donors (Lipinski definition) is 13. The molecule has 0 saturated carbocycles. The van der Waals surface area contributed by atoms with Crippen LogP contribution in [-0.4, -0.2) is 137 Å². The highest BCUT2D eigenvalue weighted by molar-refractivity contribution is 5.86. The third-order valence-electron chi connectivity index (χ3n) is 11.0. The number of aliphatic carboxylic acids is 2. The molecule has 2 saturated heterocycles. The lowest BCUT2D eigenvalue weighted by Gasteiger charge is -2.33. The van der Waals surface area contributed by atoms with Crippen molar-refractivity contribution in [2.45, 2.75) is 107 Å². The van der Waals surface area contributed by atoms with Crippen LogP contribution in [0.25, 0.3) is 10.9 Å². The summed E-state index contributed by atoms with van der Waals surface area (Å²) in [6.07, 6.45) is 2.46. The van der Waals surface area contributed by atoms with Gasteiger partial charge in [0.15, 0.2) is 0 Å². The fraction of sp³-hybridized carbons (Fsp3) is 0.625. The van der Waals surface area contributed by atoms with Crippen molar-refractivity contribution in [3.8, 4) is 0 Å². The highest BCUT2D eigenvalue weighted by Gasteiger charge is 2.35. The first kappa shape index (κ1) is 47.5. The molecule has 8 atom stereocenters. The number of nitrogens with two attached hydrogens (primary N) is 2. The van der Waals surface area contributed by atoms with E-state index >= 15 is 0 Å². The number of benzene rings is 1. The van der Waals surface area contributed by atoms with Gasteiger partial charge in [-0.05, 0) is 69.8 Å². The summed E-state index contributed by atoms with van der Waals surface area (Å²) in [6.45, 7) is 1.67. The Hall–Kier alpha value is -5.15. The zero-order chi connectivity index (χ0) is 43.6. The van der Waals surface area contributed by atoms with Gasteiger partial charge in [-0.25, -0.2) is 0 Å². The van der Waals surface area contributed by atoms with Gasteiger partial charge in [-0.2, -0.15) is 0 Å². The van der Waals surface area contributed by atoms with E-state index in [1.807, 2.05) is 24.3 Å². The van der Waals surface area contributed by atoms with Crippen molar-refractivity contribution in [2.24, 2.45) is 23.3 Å². The van der Waals surface area contributed by atoms with Crippen molar-refractivity contribution < 1.29 is 48.9 Å². The van der Waals surface area contributed by atoms with E-state index in [-0.39, 0.29) is 57.0 Å². The Morgan fingerprint density at radius 3 is 2.02 bits per heavy atom. The Morgan fingerprint density at radius 1 is 0.733 bits per heavy atom. The number of carbonyl (C=O) groups is 7. The molecule has 20 heteroatoms. The van der Waals surface area contributed by atoms with Crippen LogP contribution >= 0.6 is 0 Å². The summed E-state index contributed by atoms with van der Waals surface area (Å²) < 4.78 is 0. The number of fused-ring (bicyclic) bond motifs is 1. The molecule has 2 fully saturated rings. The van der Waals surface area contributed by atoms with Crippen molar-refractivity contribution in [1.82, 2.24) is 42.2 Å². The molecule has 2 aliphatic rings. The van der Waals surface area contributed by atoms with Crippen molar-refractivity contribution in [3.63, 3.8) is 0 Å². The van der Waals surface area contributed by atoms with Crippen molar-refractivity contribution in [1.29, 1.82) is 0 Å². The molecule has 0 radical (unpaired) electrons. The van der Waals surface area contributed by atoms with E-state index in [0.717, 1.165) is 16.5 Å². The zero-order valence-corrected chi connectivity index (χ0v) is 33.9. The lowest BCUT2D eigenvalue weighted by Crippen LogP contribution is -2.57. The van der Waals surface area contributed by atoms with E-state index in [1.165, 1.54) is 0 Å². The Bertz CT molecular complexity index is 1770. The van der Waals surface area contributed by atoms with Crippen LogP contribution in [0.1, 0.15) is 69.8 Å². The molecule has 0 unspecified atom stereocenters. The van der Waals surface area contributed by atoms with Crippen LogP contribution in [0.3, 0.4) is 0 Å². The van der Waals surface area contributed by atoms with E-state index in [4.69, 9.17) is 16.6 Å². The van der Waals surface area contributed by atoms with Crippen LogP contribution in [0.2, 0.25) is 0 Å². The number of hydrogen-bond acceptors (Lipinski definition) is 12. The second-order valence-electron chi connectivity index (χ2n) is 15.8. The largest absolute Gasteiger partial charge is 0.481 e. The molecule has 0 bridgehead atoms. The van der Waals surface area contributed by atoms with Crippen LogP contribution < -0.4 is 48.7 Å². The highest BCUT2D eigenvalue weighted by Crippen LogP contribution is 2.21. The maximum absolute atomic E-state index is 14.0. The van der Waals surface area contributed by atoms with Gasteiger partial charge in [0.2, 0.25) is 29.5 Å². The van der Waals surface area contributed by atoms with Gasteiger partial charge in [0, 0.05) is 86.1 Å². The summed E-state index contributed by atoms with van der Waals surface area (Å²) in [5.41, 5.74) is 13.5. The monoisotopic (exact) mass is 842 g/mol. The number of rotatable bonds is 24. The van der Waals surface area contributed by atoms with Crippen molar-refractivity contribution >= 4 is 52.4 Å². The molecule has 0 spiro atoms. The number of aromatic amines is 1. The molecule has 15 N–H and O–H groups in total. The van der Waals surface area contributed by atoms with E-state index in [1.54, 1.807) is 6.20 Å². The number of H-pyrrole nitrogens is 1. The molecule has 332 valence electrons. The van der Waals surface area contributed by atoms with Gasteiger partial charge in [0.05, 0.1) is 30.9 Å². The molecule has 1 aromatic heterocycles. The van der Waals surface area contributed by atoms with Crippen molar-refractivity contribution in [2.75, 3.05) is 39.3 Å². The summed E-state index contributed by atoms with van der Waals surface area (Å²) >= 11 is 0. The fourth-order valence-electron chi connectivity index (χ4n) is 7.82. The minimum atomic E-state index is -1.20. The van der Waals surface area contributed by atoms with Gasteiger partial charge in [-0.3, -0.25) is 33.6 Å². The third-order valence-corrected chi connectivity index (χ3v) is 11.0. The minimum absolute atomic E-state index is 0.0891. The average Bonchev–Trinajstić information content (AvgIpc) is 3.61. The zero-order valence-electron chi connectivity index (χ0n) is 33.9. The van der Waals surface area contributed by atoms with E-state index in [2.05, 4.69) is 42.2 Å². The quantitative estimate of drug-likeness (QED) is 0.0540. The van der Waals surface area contributed by atoms with E-state index in [9.17, 15) is 43.8 Å². The van der Waals surface area contributed by atoms with E-state index in [0.29, 0.717) is 51.9 Å². The lowest BCUT2D eigenvalue weighted by atomic mass is 9.91. The summed E-state index contributed by atoms with van der Waals surface area (Å²) in [7, 11) is 0. The summed E-state index contributed by atoms with van der Waals surface area (Å²) in [4.78, 5) is 92.7. The van der Waals surface area contributed by atoms with Gasteiger partial charge in [0.25, 0.3) is 0 Å². The molecular formula is C40H62N10O10. The maximum Gasteiger partial charge on any atom is 0.305 e. The summed E-state index contributed by atoms with van der Waals surface area (Å²) in [5, 5.41) is 49.8. The smallest absolute Gasteiger partial charge is 0.305 e. The third kappa shape index (κ3) is 15.5. The molecule has 5 amide bonds. The standard InChI is InChI=1S/C40H62N10O10/c41-11-3-4-24(46-35(53)17-27(22-51)49-39(59)29-20-43-12-9-31(29)42)15-36(54)50-33-10-13-44-21-30(33)40(60)48-26(14-23-19-45-32-6-2-1-5-28(23)32)16-34(52)47-25(18-38(57)58)7-8-37(55)56/h1-2,5-6,19,24-27,29-31,33,43-45,51H,3-4,7-18,20-22,41-42H2,(H,46,53)(H,47,52)(H,48,60)(H,49,59)(H,50,54)(H,55,56)(H,57,58)/t24-,25-,26-,27+,29+,30+,31+,33+/m0/s1.